The molecular formula is C15H9N3. The molecule has 2 aromatic carbocycles. The Morgan fingerprint density at radius 1 is 0.889 bits per heavy atom. The fourth-order valence-electron chi connectivity index (χ4n) is 1.95. The first kappa shape index (κ1) is 10.4. The molecule has 0 saturated heterocycles. The molecule has 0 N–H and O–H groups in total. The first-order valence-electron chi connectivity index (χ1n) is 5.59. The number of aromatic nitrogens is 2. The molecule has 84 valence electrons. The Labute approximate surface area is 104 Å². The molecule has 3 rings (SSSR count). The summed E-state index contributed by atoms with van der Waals surface area (Å²) in [7, 11) is 0. The van der Waals surface area contributed by atoms with E-state index in [9.17, 15) is 0 Å². The van der Waals surface area contributed by atoms with Gasteiger partial charge >= 0.3 is 0 Å². The summed E-state index contributed by atoms with van der Waals surface area (Å²) in [5.41, 5.74) is 1.46. The van der Waals surface area contributed by atoms with E-state index in [-0.39, 0.29) is 0 Å². The highest BCUT2D eigenvalue weighted by molar-refractivity contribution is 5.94. The van der Waals surface area contributed by atoms with Crippen LogP contribution in [0.1, 0.15) is 5.56 Å². The highest BCUT2D eigenvalue weighted by Gasteiger charge is 2.05. The van der Waals surface area contributed by atoms with Crippen molar-refractivity contribution in [2.24, 2.45) is 0 Å². The van der Waals surface area contributed by atoms with Crippen molar-refractivity contribution in [2.45, 2.75) is 0 Å². The monoisotopic (exact) mass is 231 g/mol. The molecule has 0 fully saturated rings. The quantitative estimate of drug-likeness (QED) is 0.646. The predicted molar refractivity (Wildman–Crippen MR) is 69.7 cm³/mol. The smallest absolute Gasteiger partial charge is 0.159 e. The van der Waals surface area contributed by atoms with Crippen LogP contribution in [0.4, 0.5) is 0 Å². The number of hydrogen-bond donors (Lipinski definition) is 0. The van der Waals surface area contributed by atoms with Crippen LogP contribution in [0.25, 0.3) is 22.2 Å². The molecule has 3 heteroatoms. The van der Waals surface area contributed by atoms with Crippen molar-refractivity contribution in [1.29, 1.82) is 5.26 Å². The third-order valence-electron chi connectivity index (χ3n) is 2.81. The first-order chi connectivity index (χ1) is 8.88. The van der Waals surface area contributed by atoms with Gasteiger partial charge in [0.2, 0.25) is 0 Å². The van der Waals surface area contributed by atoms with Gasteiger partial charge in [-0.1, -0.05) is 42.5 Å². The SMILES string of the molecule is N#Cc1cnc(-c2cccc3ccccc23)nc1. The molecule has 0 amide bonds. The van der Waals surface area contributed by atoms with E-state index in [1.54, 1.807) is 12.4 Å². The predicted octanol–water partition coefficient (Wildman–Crippen LogP) is 3.17. The lowest BCUT2D eigenvalue weighted by atomic mass is 10.0. The normalized spacial score (nSPS) is 10.2. The van der Waals surface area contributed by atoms with Crippen molar-refractivity contribution < 1.29 is 0 Å². The average Bonchev–Trinajstić information content (AvgIpc) is 2.47. The zero-order chi connectivity index (χ0) is 12.4. The van der Waals surface area contributed by atoms with E-state index in [0.717, 1.165) is 16.3 Å². The summed E-state index contributed by atoms with van der Waals surface area (Å²) in [6, 6.07) is 16.2. The van der Waals surface area contributed by atoms with Gasteiger partial charge in [0.25, 0.3) is 0 Å². The van der Waals surface area contributed by atoms with E-state index in [0.29, 0.717) is 11.4 Å². The number of fused-ring (bicyclic) bond motifs is 1. The highest BCUT2D eigenvalue weighted by atomic mass is 14.9. The van der Waals surface area contributed by atoms with Crippen LogP contribution < -0.4 is 0 Å². The largest absolute Gasteiger partial charge is 0.235 e. The van der Waals surface area contributed by atoms with Crippen molar-refractivity contribution in [3.8, 4) is 17.5 Å². The maximum atomic E-state index is 8.74. The number of benzene rings is 2. The van der Waals surface area contributed by atoms with E-state index in [2.05, 4.69) is 22.1 Å². The van der Waals surface area contributed by atoms with Crippen LogP contribution in [-0.4, -0.2) is 9.97 Å². The molecule has 0 aliphatic carbocycles. The minimum absolute atomic E-state index is 0.471. The molecule has 1 heterocycles. The molecule has 18 heavy (non-hydrogen) atoms. The number of nitrogens with zero attached hydrogens (tertiary/aromatic N) is 3. The lowest BCUT2D eigenvalue weighted by Gasteiger charge is -2.04. The Hall–Kier alpha value is -2.73. The Morgan fingerprint density at radius 3 is 2.39 bits per heavy atom. The summed E-state index contributed by atoms with van der Waals surface area (Å²) in [6.07, 6.45) is 3.09. The van der Waals surface area contributed by atoms with Gasteiger partial charge in [0, 0.05) is 18.0 Å². The van der Waals surface area contributed by atoms with Crippen LogP contribution in [0.2, 0.25) is 0 Å². The second kappa shape index (κ2) is 4.27. The lowest BCUT2D eigenvalue weighted by Crippen LogP contribution is -1.90. The van der Waals surface area contributed by atoms with Gasteiger partial charge in [0.15, 0.2) is 5.82 Å². The zero-order valence-corrected chi connectivity index (χ0v) is 9.54. The van der Waals surface area contributed by atoms with Gasteiger partial charge in [-0.05, 0) is 10.8 Å². The molecule has 0 saturated carbocycles. The maximum Gasteiger partial charge on any atom is 0.159 e. The fourth-order valence-corrected chi connectivity index (χ4v) is 1.95. The van der Waals surface area contributed by atoms with Crippen molar-refractivity contribution >= 4 is 10.8 Å². The molecule has 0 atom stereocenters. The van der Waals surface area contributed by atoms with Crippen molar-refractivity contribution in [3.05, 3.63) is 60.4 Å². The third kappa shape index (κ3) is 1.70. The molecule has 0 bridgehead atoms. The maximum absolute atomic E-state index is 8.74. The Bertz CT molecular complexity index is 734. The minimum atomic E-state index is 0.471. The lowest BCUT2D eigenvalue weighted by molar-refractivity contribution is 1.16. The molecule has 3 aromatic rings. The van der Waals surface area contributed by atoms with Crippen molar-refractivity contribution in [1.82, 2.24) is 9.97 Å². The minimum Gasteiger partial charge on any atom is -0.235 e. The summed E-state index contributed by atoms with van der Waals surface area (Å²) in [6.45, 7) is 0. The third-order valence-corrected chi connectivity index (χ3v) is 2.81. The summed E-state index contributed by atoms with van der Waals surface area (Å²) in [4.78, 5) is 8.47. The van der Waals surface area contributed by atoms with Gasteiger partial charge in [0.05, 0.1) is 5.56 Å². The Balaban J connectivity index is 2.22. The molecule has 0 aliphatic heterocycles. The van der Waals surface area contributed by atoms with Gasteiger partial charge < -0.3 is 0 Å². The first-order valence-corrected chi connectivity index (χ1v) is 5.59. The van der Waals surface area contributed by atoms with Gasteiger partial charge in [-0.25, -0.2) is 9.97 Å². The molecule has 0 unspecified atom stereocenters. The van der Waals surface area contributed by atoms with E-state index >= 15 is 0 Å². The summed E-state index contributed by atoms with van der Waals surface area (Å²) < 4.78 is 0. The second-order valence-corrected chi connectivity index (χ2v) is 3.93. The Kier molecular flexibility index (Phi) is 2.47. The molecular weight excluding hydrogens is 222 g/mol. The second-order valence-electron chi connectivity index (χ2n) is 3.93. The van der Waals surface area contributed by atoms with Crippen LogP contribution in [0.3, 0.4) is 0 Å². The number of nitriles is 1. The molecule has 0 spiro atoms. The fraction of sp³-hybridized carbons (Fsp3) is 0. The highest BCUT2D eigenvalue weighted by Crippen LogP contribution is 2.25. The van der Waals surface area contributed by atoms with E-state index in [1.165, 1.54) is 0 Å². The van der Waals surface area contributed by atoms with Gasteiger partial charge in [-0.3, -0.25) is 0 Å². The standard InChI is InChI=1S/C15H9N3/c16-8-11-9-17-15(18-10-11)14-7-3-5-12-4-1-2-6-13(12)14/h1-7,9-10H. The van der Waals surface area contributed by atoms with Crippen LogP contribution in [0.15, 0.2) is 54.9 Å². The number of hydrogen-bond acceptors (Lipinski definition) is 3. The number of rotatable bonds is 1. The van der Waals surface area contributed by atoms with Crippen molar-refractivity contribution in [2.75, 3.05) is 0 Å². The molecule has 3 nitrogen and oxygen atoms in total. The van der Waals surface area contributed by atoms with Gasteiger partial charge in [-0.15, -0.1) is 0 Å². The topological polar surface area (TPSA) is 49.6 Å². The van der Waals surface area contributed by atoms with Crippen LogP contribution in [-0.2, 0) is 0 Å². The van der Waals surface area contributed by atoms with Crippen molar-refractivity contribution in [3.63, 3.8) is 0 Å². The van der Waals surface area contributed by atoms with Crippen LogP contribution >= 0.6 is 0 Å². The molecule has 1 aromatic heterocycles. The summed E-state index contributed by atoms with van der Waals surface area (Å²) in [5, 5.41) is 11.0. The average molecular weight is 231 g/mol. The zero-order valence-electron chi connectivity index (χ0n) is 9.54. The van der Waals surface area contributed by atoms with Gasteiger partial charge in [-0.2, -0.15) is 5.26 Å². The van der Waals surface area contributed by atoms with E-state index in [1.807, 2.05) is 36.4 Å². The van der Waals surface area contributed by atoms with Crippen LogP contribution in [0.5, 0.6) is 0 Å². The van der Waals surface area contributed by atoms with Gasteiger partial charge in [0.1, 0.15) is 6.07 Å². The summed E-state index contributed by atoms with van der Waals surface area (Å²) in [5.74, 6) is 0.644. The molecule has 0 aliphatic rings. The Morgan fingerprint density at radius 2 is 1.61 bits per heavy atom. The molecule has 0 radical (unpaired) electrons. The van der Waals surface area contributed by atoms with E-state index < -0.39 is 0 Å². The van der Waals surface area contributed by atoms with Crippen LogP contribution in [0, 0.1) is 11.3 Å². The van der Waals surface area contributed by atoms with E-state index in [4.69, 9.17) is 5.26 Å². The summed E-state index contributed by atoms with van der Waals surface area (Å²) >= 11 is 0.